The third-order valence-corrected chi connectivity index (χ3v) is 14.9. The lowest BCUT2D eigenvalue weighted by molar-refractivity contribution is -0.302. The van der Waals surface area contributed by atoms with Gasteiger partial charge in [-0.25, -0.2) is 0 Å². The fourth-order valence-corrected chi connectivity index (χ4v) is 9.88. The molecule has 7 unspecified atom stereocenters. The van der Waals surface area contributed by atoms with E-state index in [9.17, 15) is 35.1 Å². The van der Waals surface area contributed by atoms with Crippen molar-refractivity contribution < 1.29 is 49.3 Å². The summed E-state index contributed by atoms with van der Waals surface area (Å²) < 4.78 is 16.7. The van der Waals surface area contributed by atoms with Gasteiger partial charge in [-0.3, -0.25) is 9.59 Å². The summed E-state index contributed by atoms with van der Waals surface area (Å²) >= 11 is 0. The van der Waals surface area contributed by atoms with Gasteiger partial charge < -0.3 is 45.1 Å². The highest BCUT2D eigenvalue weighted by Crippen LogP contribution is 2.23. The number of allylic oxidation sites excluding steroid dienone is 7. The number of hydrogen-bond donors (Lipinski definition) is 6. The lowest BCUT2D eigenvalue weighted by atomic mass is 9.99. The van der Waals surface area contributed by atoms with Crippen LogP contribution in [0.4, 0.5) is 0 Å². The average molecular weight is 1070 g/mol. The van der Waals surface area contributed by atoms with E-state index in [0.717, 1.165) is 70.6 Å². The molecular formula is C65H119NO10. The second kappa shape index (κ2) is 54.6. The first-order chi connectivity index (χ1) is 37.2. The summed E-state index contributed by atoms with van der Waals surface area (Å²) in [5, 5.41) is 54.2. The molecule has 11 nitrogen and oxygen atoms in total. The van der Waals surface area contributed by atoms with Crippen LogP contribution in [0.1, 0.15) is 290 Å². The monoisotopic (exact) mass is 1070 g/mol. The summed E-state index contributed by atoms with van der Waals surface area (Å²) in [7, 11) is 0. The van der Waals surface area contributed by atoms with Crippen LogP contribution in [0.2, 0.25) is 0 Å². The highest BCUT2D eigenvalue weighted by Gasteiger charge is 2.44. The Labute approximate surface area is 466 Å². The van der Waals surface area contributed by atoms with Crippen molar-refractivity contribution in [1.29, 1.82) is 0 Å². The number of ether oxygens (including phenoxy) is 3. The highest BCUT2D eigenvalue weighted by atomic mass is 16.7. The number of unbranched alkanes of at least 4 members (excludes halogenated alkanes) is 35. The zero-order valence-corrected chi connectivity index (χ0v) is 49.0. The molecule has 1 heterocycles. The van der Waals surface area contributed by atoms with E-state index in [1.54, 1.807) is 6.08 Å². The summed E-state index contributed by atoms with van der Waals surface area (Å²) in [6.07, 6.45) is 59.6. The Kier molecular flexibility index (Phi) is 51.4. The van der Waals surface area contributed by atoms with Gasteiger partial charge in [0.25, 0.3) is 0 Å². The minimum atomic E-state index is -1.58. The van der Waals surface area contributed by atoms with Crippen LogP contribution >= 0.6 is 0 Å². The van der Waals surface area contributed by atoms with Crippen molar-refractivity contribution in [3.05, 3.63) is 48.6 Å². The van der Waals surface area contributed by atoms with Gasteiger partial charge in [0.05, 0.1) is 32.0 Å². The molecule has 0 bridgehead atoms. The molecule has 1 rings (SSSR count). The Balaban J connectivity index is 1.99. The second-order valence-corrected chi connectivity index (χ2v) is 22.1. The van der Waals surface area contributed by atoms with Gasteiger partial charge in [0, 0.05) is 12.8 Å². The molecule has 0 aromatic rings. The van der Waals surface area contributed by atoms with Crippen molar-refractivity contribution in [2.45, 2.75) is 333 Å². The predicted molar refractivity (Wildman–Crippen MR) is 315 cm³/mol. The third-order valence-electron chi connectivity index (χ3n) is 14.9. The third kappa shape index (κ3) is 43.5. The summed E-state index contributed by atoms with van der Waals surface area (Å²) in [5.41, 5.74) is 0. The number of hydrogen-bond acceptors (Lipinski definition) is 10. The van der Waals surface area contributed by atoms with Crippen molar-refractivity contribution >= 4 is 11.9 Å². The zero-order valence-electron chi connectivity index (χ0n) is 49.0. The Morgan fingerprint density at radius 3 is 1.37 bits per heavy atom. The zero-order chi connectivity index (χ0) is 55.2. The van der Waals surface area contributed by atoms with Crippen LogP contribution in [0.15, 0.2) is 48.6 Å². The Morgan fingerprint density at radius 1 is 0.487 bits per heavy atom. The van der Waals surface area contributed by atoms with Gasteiger partial charge in [0.2, 0.25) is 5.91 Å². The fraction of sp³-hybridized carbons (Fsp3) is 0.846. The second-order valence-electron chi connectivity index (χ2n) is 22.1. The standard InChI is InChI=1S/C65H119NO10/c1-3-5-7-9-11-13-32-37-41-45-49-53-61(70)74-54-50-46-42-38-34-31-29-27-25-23-21-19-17-15-16-18-20-22-24-26-28-30-33-36-40-44-48-52-60(69)66-57(56-75-65-64(73)63(72)62(71)59(55-67)76-65)58(68)51-47-43-39-35-14-12-10-8-6-4-2/h6,8,14-16,35,47,51,57-59,62-65,67-68,71-73H,3-5,7,9-13,17-34,36-46,48-50,52-56H2,1-2H3,(H,66,69)/b8-6+,16-15-,35-14+,51-47+. The number of rotatable bonds is 55. The van der Waals surface area contributed by atoms with Crippen molar-refractivity contribution in [3.63, 3.8) is 0 Å². The fourth-order valence-electron chi connectivity index (χ4n) is 9.88. The van der Waals surface area contributed by atoms with Crippen LogP contribution < -0.4 is 5.32 Å². The number of carbonyl (C=O) groups is 2. The maximum Gasteiger partial charge on any atom is 0.305 e. The lowest BCUT2D eigenvalue weighted by Crippen LogP contribution is -2.60. The first-order valence-electron chi connectivity index (χ1n) is 31.9. The molecule has 0 aromatic heterocycles. The summed E-state index contributed by atoms with van der Waals surface area (Å²) in [5.74, 6) is -0.195. The van der Waals surface area contributed by atoms with Gasteiger partial charge >= 0.3 is 5.97 Å². The molecule has 7 atom stereocenters. The van der Waals surface area contributed by atoms with E-state index in [4.69, 9.17) is 14.2 Å². The summed E-state index contributed by atoms with van der Waals surface area (Å²) in [4.78, 5) is 25.0. The molecule has 1 saturated heterocycles. The molecule has 11 heteroatoms. The van der Waals surface area contributed by atoms with Gasteiger partial charge in [-0.05, 0) is 77.0 Å². The van der Waals surface area contributed by atoms with E-state index in [0.29, 0.717) is 19.4 Å². The summed E-state index contributed by atoms with van der Waals surface area (Å²) in [6.45, 7) is 4.21. The average Bonchev–Trinajstić information content (AvgIpc) is 3.42. The molecule has 1 aliphatic heterocycles. The van der Waals surface area contributed by atoms with E-state index in [1.807, 2.05) is 6.08 Å². The molecule has 0 spiro atoms. The topological polar surface area (TPSA) is 175 Å². The number of carbonyl (C=O) groups excluding carboxylic acids is 2. The summed E-state index contributed by atoms with van der Waals surface area (Å²) in [6, 6.07) is -0.834. The molecular weight excluding hydrogens is 955 g/mol. The van der Waals surface area contributed by atoms with Gasteiger partial charge in [0.15, 0.2) is 6.29 Å². The van der Waals surface area contributed by atoms with Crippen molar-refractivity contribution in [1.82, 2.24) is 5.32 Å². The lowest BCUT2D eigenvalue weighted by Gasteiger charge is -2.40. The highest BCUT2D eigenvalue weighted by molar-refractivity contribution is 5.76. The van der Waals surface area contributed by atoms with E-state index in [-0.39, 0.29) is 18.5 Å². The quantitative estimate of drug-likeness (QED) is 0.0195. The Bertz CT molecular complexity index is 1400. The van der Waals surface area contributed by atoms with Gasteiger partial charge in [-0.2, -0.15) is 0 Å². The van der Waals surface area contributed by atoms with Crippen LogP contribution in [0, 0.1) is 0 Å². The van der Waals surface area contributed by atoms with Gasteiger partial charge in [0.1, 0.15) is 24.4 Å². The van der Waals surface area contributed by atoms with Crippen molar-refractivity contribution in [2.75, 3.05) is 19.8 Å². The molecule has 0 saturated carbocycles. The molecule has 0 radical (unpaired) electrons. The number of esters is 1. The van der Waals surface area contributed by atoms with Crippen LogP contribution in [0.25, 0.3) is 0 Å². The van der Waals surface area contributed by atoms with E-state index in [2.05, 4.69) is 55.6 Å². The smallest absolute Gasteiger partial charge is 0.305 e. The maximum atomic E-state index is 13.0. The molecule has 76 heavy (non-hydrogen) atoms. The molecule has 0 aliphatic carbocycles. The normalized spacial score (nSPS) is 19.0. The largest absolute Gasteiger partial charge is 0.466 e. The predicted octanol–water partition coefficient (Wildman–Crippen LogP) is 15.2. The number of aliphatic hydroxyl groups is 5. The molecule has 1 amide bonds. The van der Waals surface area contributed by atoms with Crippen molar-refractivity contribution in [2.24, 2.45) is 0 Å². The Hall–Kier alpha value is -2.38. The number of aliphatic hydroxyl groups excluding tert-OH is 5. The van der Waals surface area contributed by atoms with E-state index >= 15 is 0 Å². The van der Waals surface area contributed by atoms with E-state index in [1.165, 1.54) is 193 Å². The minimum Gasteiger partial charge on any atom is -0.466 e. The first-order valence-corrected chi connectivity index (χ1v) is 31.9. The molecule has 0 aromatic carbocycles. The van der Waals surface area contributed by atoms with Crippen LogP contribution in [-0.4, -0.2) is 100 Å². The molecule has 1 aliphatic rings. The molecule has 1 fully saturated rings. The number of amides is 1. The number of nitrogens with one attached hydrogen (secondary N) is 1. The van der Waals surface area contributed by atoms with Crippen LogP contribution in [0.3, 0.4) is 0 Å². The Morgan fingerprint density at radius 2 is 0.895 bits per heavy atom. The minimum absolute atomic E-state index is 0.00432. The van der Waals surface area contributed by atoms with Crippen LogP contribution in [-0.2, 0) is 23.8 Å². The molecule has 444 valence electrons. The van der Waals surface area contributed by atoms with Crippen LogP contribution in [0.5, 0.6) is 0 Å². The molecule has 6 N–H and O–H groups in total. The maximum absolute atomic E-state index is 13.0. The SMILES string of the molecule is CC/C=C/CC/C=C/CC/C=C/C(O)C(COC1OC(CO)C(O)C(O)C1O)NC(=O)CCCCCCCCCCCCC/C=C\CCCCCCCCCCCCCCOC(=O)CCCCCCCCCCCCC. The van der Waals surface area contributed by atoms with Gasteiger partial charge in [-0.15, -0.1) is 0 Å². The van der Waals surface area contributed by atoms with Crippen molar-refractivity contribution in [3.8, 4) is 0 Å². The van der Waals surface area contributed by atoms with E-state index < -0.39 is 49.5 Å². The van der Waals surface area contributed by atoms with Gasteiger partial charge in [-0.1, -0.05) is 249 Å². The first kappa shape index (κ1) is 71.6.